The second-order valence-electron chi connectivity index (χ2n) is 5.76. The van der Waals surface area contributed by atoms with Crippen LogP contribution in [0.3, 0.4) is 0 Å². The second-order valence-corrected chi connectivity index (χ2v) is 5.76. The Hall–Kier alpha value is -1.91. The summed E-state index contributed by atoms with van der Waals surface area (Å²) >= 11 is 0. The molecule has 0 radical (unpaired) electrons. The summed E-state index contributed by atoms with van der Waals surface area (Å²) in [5, 5.41) is 5.32. The lowest BCUT2D eigenvalue weighted by Crippen LogP contribution is -2.45. The van der Waals surface area contributed by atoms with Gasteiger partial charge in [-0.1, -0.05) is 19.8 Å². The van der Waals surface area contributed by atoms with E-state index in [4.69, 9.17) is 0 Å². The van der Waals surface area contributed by atoms with Crippen molar-refractivity contribution in [3.05, 3.63) is 29.6 Å². The summed E-state index contributed by atoms with van der Waals surface area (Å²) in [6.07, 6.45) is 4.24. The van der Waals surface area contributed by atoms with Gasteiger partial charge in [-0.2, -0.15) is 0 Å². The predicted octanol–water partition coefficient (Wildman–Crippen LogP) is 2.77. The van der Waals surface area contributed by atoms with Crippen molar-refractivity contribution in [2.24, 2.45) is 5.92 Å². The molecule has 4 nitrogen and oxygen atoms in total. The molecule has 2 rings (SSSR count). The molecule has 2 N–H and O–H groups in total. The van der Waals surface area contributed by atoms with E-state index in [9.17, 15) is 14.0 Å². The minimum Gasteiger partial charge on any atom is -0.345 e. The Labute approximate surface area is 124 Å². The Morgan fingerprint density at radius 3 is 2.57 bits per heavy atom. The lowest BCUT2D eigenvalue weighted by molar-refractivity contribution is -0.137. The zero-order valence-corrected chi connectivity index (χ0v) is 12.4. The Bertz CT molecular complexity index is 545. The highest BCUT2D eigenvalue weighted by atomic mass is 19.1. The number of carbonyl (C=O) groups is 2. The molecule has 1 aromatic rings. The summed E-state index contributed by atoms with van der Waals surface area (Å²) in [5.74, 6) is -1.31. The summed E-state index contributed by atoms with van der Waals surface area (Å²) in [6.45, 7) is 3.77. The highest BCUT2D eigenvalue weighted by Gasteiger charge is 2.25. The van der Waals surface area contributed by atoms with E-state index in [1.165, 1.54) is 24.6 Å². The largest absolute Gasteiger partial charge is 0.345 e. The van der Waals surface area contributed by atoms with Crippen LogP contribution < -0.4 is 10.6 Å². The molecule has 21 heavy (non-hydrogen) atoms. The molecule has 0 aliphatic heterocycles. The van der Waals surface area contributed by atoms with Crippen LogP contribution in [-0.2, 0) is 9.59 Å². The summed E-state index contributed by atoms with van der Waals surface area (Å²) in [4.78, 5) is 23.9. The first-order chi connectivity index (χ1) is 9.97. The van der Waals surface area contributed by atoms with Gasteiger partial charge in [-0.3, -0.25) is 9.59 Å². The van der Waals surface area contributed by atoms with Gasteiger partial charge in [0.25, 0.3) is 0 Å². The molecule has 0 saturated heterocycles. The van der Waals surface area contributed by atoms with Crippen LogP contribution in [0.4, 0.5) is 10.1 Å². The fourth-order valence-electron chi connectivity index (χ4n) is 2.71. The number of anilines is 1. The number of halogens is 1. The number of benzene rings is 1. The SMILES string of the molecule is Cc1cc(F)ccc1NC(=O)C(=O)N[C@H]1CCCC[C@@H]1C. The third kappa shape index (κ3) is 4.03. The van der Waals surface area contributed by atoms with Gasteiger partial charge < -0.3 is 10.6 Å². The van der Waals surface area contributed by atoms with Gasteiger partial charge in [-0.05, 0) is 49.4 Å². The van der Waals surface area contributed by atoms with Crippen LogP contribution in [0.5, 0.6) is 0 Å². The van der Waals surface area contributed by atoms with E-state index in [0.29, 0.717) is 17.2 Å². The van der Waals surface area contributed by atoms with Crippen LogP contribution in [0, 0.1) is 18.7 Å². The zero-order valence-electron chi connectivity index (χ0n) is 12.4. The highest BCUT2D eigenvalue weighted by Crippen LogP contribution is 2.23. The quantitative estimate of drug-likeness (QED) is 0.823. The Morgan fingerprint density at radius 2 is 1.90 bits per heavy atom. The van der Waals surface area contributed by atoms with Gasteiger partial charge in [0.15, 0.2) is 0 Å². The third-order valence-electron chi connectivity index (χ3n) is 4.07. The number of nitrogens with one attached hydrogen (secondary N) is 2. The molecular formula is C16H21FN2O2. The second kappa shape index (κ2) is 6.70. The highest BCUT2D eigenvalue weighted by molar-refractivity contribution is 6.39. The number of carbonyl (C=O) groups excluding carboxylic acids is 2. The van der Waals surface area contributed by atoms with Crippen LogP contribution in [0.1, 0.15) is 38.2 Å². The molecule has 5 heteroatoms. The maximum atomic E-state index is 13.0. The molecule has 1 aliphatic rings. The average Bonchev–Trinajstić information content (AvgIpc) is 2.44. The Morgan fingerprint density at radius 1 is 1.19 bits per heavy atom. The summed E-state index contributed by atoms with van der Waals surface area (Å²) in [5.41, 5.74) is 1.04. The fraction of sp³-hybridized carbons (Fsp3) is 0.500. The number of hydrogen-bond acceptors (Lipinski definition) is 2. The fourth-order valence-corrected chi connectivity index (χ4v) is 2.71. The Balaban J connectivity index is 1.94. The van der Waals surface area contributed by atoms with Gasteiger partial charge in [0.05, 0.1) is 0 Å². The van der Waals surface area contributed by atoms with E-state index in [-0.39, 0.29) is 11.9 Å². The van der Waals surface area contributed by atoms with E-state index in [1.807, 2.05) is 0 Å². The number of aryl methyl sites for hydroxylation is 1. The maximum Gasteiger partial charge on any atom is 0.313 e. The van der Waals surface area contributed by atoms with Crippen LogP contribution >= 0.6 is 0 Å². The minimum atomic E-state index is -0.706. The van der Waals surface area contributed by atoms with Crippen molar-refractivity contribution >= 4 is 17.5 Å². The minimum absolute atomic E-state index is 0.0614. The zero-order chi connectivity index (χ0) is 15.4. The molecule has 2 amide bonds. The van der Waals surface area contributed by atoms with Crippen LogP contribution in [-0.4, -0.2) is 17.9 Å². The van der Waals surface area contributed by atoms with Crippen molar-refractivity contribution in [1.29, 1.82) is 0 Å². The van der Waals surface area contributed by atoms with Gasteiger partial charge in [0, 0.05) is 11.7 Å². The number of rotatable bonds is 2. The van der Waals surface area contributed by atoms with Crippen molar-refractivity contribution in [2.75, 3.05) is 5.32 Å². The summed E-state index contributed by atoms with van der Waals surface area (Å²) in [7, 11) is 0. The molecule has 0 bridgehead atoms. The molecule has 0 heterocycles. The molecule has 2 atom stereocenters. The van der Waals surface area contributed by atoms with Crippen molar-refractivity contribution in [2.45, 2.75) is 45.6 Å². The first-order valence-corrected chi connectivity index (χ1v) is 7.35. The monoisotopic (exact) mass is 292 g/mol. The smallest absolute Gasteiger partial charge is 0.313 e. The van der Waals surface area contributed by atoms with E-state index in [2.05, 4.69) is 17.6 Å². The van der Waals surface area contributed by atoms with Gasteiger partial charge in [0.1, 0.15) is 5.82 Å². The van der Waals surface area contributed by atoms with Crippen LogP contribution in [0.25, 0.3) is 0 Å². The average molecular weight is 292 g/mol. The maximum absolute atomic E-state index is 13.0. The lowest BCUT2D eigenvalue weighted by Gasteiger charge is -2.29. The topological polar surface area (TPSA) is 58.2 Å². The van der Waals surface area contributed by atoms with Crippen molar-refractivity contribution in [3.8, 4) is 0 Å². The predicted molar refractivity (Wildman–Crippen MR) is 79.3 cm³/mol. The normalized spacial score (nSPS) is 21.7. The van der Waals surface area contributed by atoms with E-state index in [0.717, 1.165) is 19.3 Å². The summed E-state index contributed by atoms with van der Waals surface area (Å²) < 4.78 is 13.0. The first kappa shape index (κ1) is 15.5. The molecule has 114 valence electrons. The third-order valence-corrected chi connectivity index (χ3v) is 4.07. The molecular weight excluding hydrogens is 271 g/mol. The van der Waals surface area contributed by atoms with E-state index >= 15 is 0 Å². The molecule has 0 unspecified atom stereocenters. The van der Waals surface area contributed by atoms with Crippen molar-refractivity contribution in [3.63, 3.8) is 0 Å². The van der Waals surface area contributed by atoms with Crippen LogP contribution in [0.2, 0.25) is 0 Å². The van der Waals surface area contributed by atoms with E-state index < -0.39 is 11.8 Å². The standard InChI is InChI=1S/C16H21FN2O2/c1-10-5-3-4-6-13(10)18-15(20)16(21)19-14-8-7-12(17)9-11(14)2/h7-10,13H,3-6H2,1-2H3,(H,18,20)(H,19,21)/t10-,13-/m0/s1. The molecule has 1 aliphatic carbocycles. The molecule has 1 fully saturated rings. The van der Waals surface area contributed by atoms with Gasteiger partial charge in [-0.25, -0.2) is 4.39 Å². The molecule has 0 aromatic heterocycles. The molecule has 1 saturated carbocycles. The van der Waals surface area contributed by atoms with E-state index in [1.54, 1.807) is 6.92 Å². The first-order valence-electron chi connectivity index (χ1n) is 7.35. The van der Waals surface area contributed by atoms with Crippen molar-refractivity contribution in [1.82, 2.24) is 5.32 Å². The number of hydrogen-bond donors (Lipinski definition) is 2. The van der Waals surface area contributed by atoms with Gasteiger partial charge in [0.2, 0.25) is 0 Å². The van der Waals surface area contributed by atoms with Crippen LogP contribution in [0.15, 0.2) is 18.2 Å². The lowest BCUT2D eigenvalue weighted by atomic mass is 9.86. The molecule has 0 spiro atoms. The summed E-state index contributed by atoms with van der Waals surface area (Å²) in [6, 6.07) is 4.09. The molecule has 1 aromatic carbocycles. The van der Waals surface area contributed by atoms with Gasteiger partial charge in [-0.15, -0.1) is 0 Å². The Kier molecular flexibility index (Phi) is 4.94. The van der Waals surface area contributed by atoms with Gasteiger partial charge >= 0.3 is 11.8 Å². The van der Waals surface area contributed by atoms with Crippen molar-refractivity contribution < 1.29 is 14.0 Å². The number of amides is 2.